The Labute approximate surface area is 509 Å². The zero-order chi connectivity index (χ0) is 61.1. The lowest BCUT2D eigenvalue weighted by atomic mass is 9.79. The van der Waals surface area contributed by atoms with Gasteiger partial charge < -0.3 is 71.4 Å². The lowest BCUT2D eigenvalue weighted by molar-refractivity contribution is -0.438. The van der Waals surface area contributed by atoms with Crippen molar-refractivity contribution in [1.29, 1.82) is 0 Å². The van der Waals surface area contributed by atoms with Crippen LogP contribution in [0, 0.1) is 0 Å². The fourth-order valence-electron chi connectivity index (χ4n) is 10.4. The Bertz CT molecular complexity index is 2920. The summed E-state index contributed by atoms with van der Waals surface area (Å²) in [6, 6.07) is 25.7. The highest BCUT2D eigenvalue weighted by Crippen LogP contribution is 2.51. The van der Waals surface area contributed by atoms with Crippen LogP contribution in [0.15, 0.2) is 121 Å². The first-order valence-electron chi connectivity index (χ1n) is 30.1. The molecule has 0 spiro atoms. The number of unbranched alkanes of at least 4 members (excludes halogenated alkanes) is 1. The molecule has 4 aromatic rings. The van der Waals surface area contributed by atoms with Crippen molar-refractivity contribution in [2.75, 3.05) is 182 Å². The molecule has 0 atom stereocenters. The summed E-state index contributed by atoms with van der Waals surface area (Å²) in [6.45, 7) is 21.1. The third-order valence-corrected chi connectivity index (χ3v) is 15.3. The summed E-state index contributed by atoms with van der Waals surface area (Å²) in [6.07, 6.45) is 15.5. The highest BCUT2D eigenvalue weighted by Gasteiger charge is 2.45. The zero-order valence-corrected chi connectivity index (χ0v) is 51.8. The van der Waals surface area contributed by atoms with E-state index in [-0.39, 0.29) is 29.6 Å². The van der Waals surface area contributed by atoms with Gasteiger partial charge in [-0.2, -0.15) is 4.58 Å². The number of anilines is 1. The molecule has 474 valence electrons. The maximum atomic E-state index is 11.4. The highest BCUT2D eigenvalue weighted by atomic mass is 32.2. The molecule has 0 unspecified atom stereocenters. The molecule has 0 saturated carbocycles. The fourth-order valence-corrected chi connectivity index (χ4v) is 11.0. The average molecular weight is 1220 g/mol. The Morgan fingerprint density at radius 1 is 0.500 bits per heavy atom. The summed E-state index contributed by atoms with van der Waals surface area (Å²) in [4.78, 5) is 12.8. The third kappa shape index (κ3) is 23.7. The van der Waals surface area contributed by atoms with Crippen LogP contribution in [0.1, 0.15) is 58.1 Å². The van der Waals surface area contributed by atoms with Gasteiger partial charge in [0.15, 0.2) is 5.71 Å². The summed E-state index contributed by atoms with van der Waals surface area (Å²) in [5, 5.41) is 13.4. The Morgan fingerprint density at radius 2 is 0.907 bits per heavy atom. The number of carboxylic acid groups (broad SMARTS) is 1. The maximum Gasteiger partial charge on any atom is 0.305 e. The summed E-state index contributed by atoms with van der Waals surface area (Å²) in [5.74, 6) is -1.24. The lowest BCUT2D eigenvalue weighted by Gasteiger charge is -2.27. The van der Waals surface area contributed by atoms with E-state index in [1.165, 1.54) is 44.1 Å². The Balaban J connectivity index is 0.791. The predicted molar refractivity (Wildman–Crippen MR) is 332 cm³/mol. The minimum Gasteiger partial charge on any atom is -0.748 e. The minimum atomic E-state index is -4.27. The predicted octanol–water partition coefficient (Wildman–Crippen LogP) is 8.72. The number of carbonyl (C=O) groups is 1. The van der Waals surface area contributed by atoms with Crippen molar-refractivity contribution in [2.24, 2.45) is 0 Å². The van der Waals surface area contributed by atoms with Gasteiger partial charge >= 0.3 is 5.97 Å². The second-order valence-corrected chi connectivity index (χ2v) is 23.0. The van der Waals surface area contributed by atoms with Gasteiger partial charge in [-0.05, 0) is 65.6 Å². The summed E-state index contributed by atoms with van der Waals surface area (Å²) in [7, 11) is -4.27. The number of fused-ring (bicyclic) bond motifs is 6. The number of ether oxygens (including phenoxy) is 12. The highest BCUT2D eigenvalue weighted by molar-refractivity contribution is 7.85. The number of rotatable bonds is 48. The van der Waals surface area contributed by atoms with Crippen LogP contribution >= 0.6 is 0 Å². The second kappa shape index (κ2) is 38.9. The monoisotopic (exact) mass is 1220 g/mol. The van der Waals surface area contributed by atoms with Gasteiger partial charge in [-0.3, -0.25) is 4.79 Å². The summed E-state index contributed by atoms with van der Waals surface area (Å²) in [5.41, 5.74) is 6.56. The first kappa shape index (κ1) is 69.8. The van der Waals surface area contributed by atoms with Crippen molar-refractivity contribution < 1.29 is 84.3 Å². The molecule has 20 heteroatoms. The molecule has 2 aliphatic rings. The molecule has 2 heterocycles. The van der Waals surface area contributed by atoms with Crippen molar-refractivity contribution in [3.63, 3.8) is 0 Å². The van der Waals surface area contributed by atoms with E-state index in [0.717, 1.165) is 11.4 Å². The van der Waals surface area contributed by atoms with Crippen LogP contribution in [-0.4, -0.2) is 212 Å². The van der Waals surface area contributed by atoms with Crippen LogP contribution in [0.5, 0.6) is 0 Å². The molecule has 0 amide bonds. The minimum absolute atomic E-state index is 0.0124. The van der Waals surface area contributed by atoms with Crippen molar-refractivity contribution >= 4 is 54.7 Å². The van der Waals surface area contributed by atoms with Crippen LogP contribution in [0.3, 0.4) is 0 Å². The van der Waals surface area contributed by atoms with Gasteiger partial charge in [0.05, 0.1) is 181 Å². The number of allylic oxidation sites excluding steroid dienone is 8. The van der Waals surface area contributed by atoms with E-state index in [1.54, 1.807) is 0 Å². The summed E-state index contributed by atoms with van der Waals surface area (Å²) >= 11 is 0. The van der Waals surface area contributed by atoms with Gasteiger partial charge in [-0.25, -0.2) is 8.42 Å². The molecule has 0 fully saturated rings. The van der Waals surface area contributed by atoms with Gasteiger partial charge in [0.2, 0.25) is 5.69 Å². The van der Waals surface area contributed by atoms with Gasteiger partial charge in [-0.15, -0.1) is 0 Å². The van der Waals surface area contributed by atoms with Crippen LogP contribution in [0.4, 0.5) is 11.4 Å². The van der Waals surface area contributed by atoms with Crippen LogP contribution in [0.2, 0.25) is 0 Å². The first-order chi connectivity index (χ1) is 41.8. The number of hydrogen-bond acceptors (Lipinski definition) is 17. The van der Waals surface area contributed by atoms with E-state index in [0.29, 0.717) is 178 Å². The number of benzene rings is 4. The molecule has 1 N–H and O–H groups in total. The van der Waals surface area contributed by atoms with E-state index >= 15 is 0 Å². The zero-order valence-electron chi connectivity index (χ0n) is 51.0. The topological polar surface area (TPSA) is 212 Å². The normalized spacial score (nSPS) is 15.3. The number of carboxylic acids is 1. The van der Waals surface area contributed by atoms with E-state index in [9.17, 15) is 17.8 Å². The Kier molecular flexibility index (Phi) is 31.6. The molecule has 0 aliphatic carbocycles. The van der Waals surface area contributed by atoms with Gasteiger partial charge in [-0.1, -0.05) is 98.8 Å². The molecule has 0 aromatic heterocycles. The lowest BCUT2D eigenvalue weighted by Crippen LogP contribution is -2.29. The summed E-state index contributed by atoms with van der Waals surface area (Å²) < 4.78 is 103. The van der Waals surface area contributed by atoms with Crippen molar-refractivity contribution in [3.05, 3.63) is 132 Å². The molecule has 2 aliphatic heterocycles. The number of hydrogen-bond donors (Lipinski definition) is 1. The molecule has 0 radical (unpaired) electrons. The van der Waals surface area contributed by atoms with E-state index < -0.39 is 16.1 Å². The third-order valence-electron chi connectivity index (χ3n) is 14.5. The molecule has 4 aromatic carbocycles. The second-order valence-electron chi connectivity index (χ2n) is 21.4. The smallest absolute Gasteiger partial charge is 0.305 e. The first-order valence-corrected chi connectivity index (χ1v) is 31.7. The molecule has 86 heavy (non-hydrogen) atoms. The SMILES string of the molecule is CC1(C)C(/C=C/C=C/C=C/C=C2\N(CCOCCOCCOCCOCCOCCOCCOCCOCCOCCOCCOCCOCCC(=O)O)c3ccc4ccccc4c3C2(C)C)=[N+](CCCCS(=O)(=O)[O-])c2ccc3ccccc3c21. The molecular weight excluding hydrogens is 1120 g/mol. The average Bonchev–Trinajstić information content (AvgIpc) is 1.61. The maximum absolute atomic E-state index is 11.4. The van der Waals surface area contributed by atoms with E-state index in [4.69, 9.17) is 61.9 Å². The Morgan fingerprint density at radius 3 is 1.37 bits per heavy atom. The molecule has 0 bridgehead atoms. The van der Waals surface area contributed by atoms with Gasteiger partial charge in [0.25, 0.3) is 0 Å². The van der Waals surface area contributed by atoms with Crippen LogP contribution < -0.4 is 4.90 Å². The standard InChI is InChI=1S/C66H92N2O17S/c1-65(2)60(67(27-14-15-53-86(71,72)73)58-24-22-54-16-10-12-18-56(54)63(58)65)20-8-6-5-7-9-21-61-66(3,4)64-57-19-13-11-17-55(57)23-25-59(64)68(61)28-30-75-32-34-77-36-38-79-40-42-81-44-46-83-48-50-85-52-51-84-49-47-82-45-43-80-41-39-78-37-35-76-33-31-74-29-26-62(69)70/h5-13,16-25H,14-15,26-53H2,1-4H3,(H-,69,70,71,72,73). The van der Waals surface area contributed by atoms with Gasteiger partial charge in [0, 0.05) is 53.2 Å². The van der Waals surface area contributed by atoms with E-state index in [2.05, 4.69) is 140 Å². The number of aliphatic carboxylic acids is 1. The van der Waals surface area contributed by atoms with Crippen molar-refractivity contribution in [1.82, 2.24) is 0 Å². The quantitative estimate of drug-likeness (QED) is 0.0190. The van der Waals surface area contributed by atoms with Crippen LogP contribution in [0.25, 0.3) is 21.5 Å². The molecular formula is C66H92N2O17S. The van der Waals surface area contributed by atoms with Crippen molar-refractivity contribution in [3.8, 4) is 0 Å². The van der Waals surface area contributed by atoms with Gasteiger partial charge in [0.1, 0.15) is 6.54 Å². The molecule has 6 rings (SSSR count). The van der Waals surface area contributed by atoms with Crippen LogP contribution in [-0.2, 0) is 82.6 Å². The van der Waals surface area contributed by atoms with E-state index in [1.807, 2.05) is 12.2 Å². The molecule has 19 nitrogen and oxygen atoms in total. The fraction of sp³-hybridized carbons (Fsp3) is 0.545. The van der Waals surface area contributed by atoms with Crippen molar-refractivity contribution in [2.45, 2.75) is 57.8 Å². The Hall–Kier alpha value is -5.27. The largest absolute Gasteiger partial charge is 0.748 e. The number of nitrogens with zero attached hydrogens (tertiary/aromatic N) is 2. The molecule has 0 saturated heterocycles.